The number of nitrogens with zero attached hydrogens (tertiary/aromatic N) is 1. The molecule has 0 N–H and O–H groups in total. The standard InChI is InChI=1S/C14H19NO3/c1-2-17-13-4-3-5-14(10-13)18-12-6-8-15(11-16)9-7-12/h3-5,10-12H,2,6-9H2,1H3. The predicted octanol–water partition coefficient (Wildman–Crippen LogP) is 2.08. The molecular formula is C14H19NO3. The number of carbonyl (C=O) groups is 1. The normalized spacial score (nSPS) is 16.4. The highest BCUT2D eigenvalue weighted by Crippen LogP contribution is 2.23. The summed E-state index contributed by atoms with van der Waals surface area (Å²) < 4.78 is 11.3. The number of hydrogen-bond donors (Lipinski definition) is 0. The molecule has 1 aliphatic rings. The Kier molecular flexibility index (Phi) is 4.45. The zero-order valence-corrected chi connectivity index (χ0v) is 10.7. The molecule has 1 amide bonds. The first kappa shape index (κ1) is 12.7. The highest BCUT2D eigenvalue weighted by atomic mass is 16.5. The van der Waals surface area contributed by atoms with Crippen molar-refractivity contribution in [3.8, 4) is 11.5 Å². The van der Waals surface area contributed by atoms with Crippen LogP contribution in [0.4, 0.5) is 0 Å². The van der Waals surface area contributed by atoms with Gasteiger partial charge in [0.2, 0.25) is 6.41 Å². The van der Waals surface area contributed by atoms with Crippen molar-refractivity contribution in [3.63, 3.8) is 0 Å². The number of carbonyl (C=O) groups excluding carboxylic acids is 1. The molecule has 1 aliphatic heterocycles. The maximum Gasteiger partial charge on any atom is 0.209 e. The van der Waals surface area contributed by atoms with Crippen LogP contribution in [0.5, 0.6) is 11.5 Å². The maximum atomic E-state index is 10.6. The zero-order chi connectivity index (χ0) is 12.8. The Morgan fingerprint density at radius 3 is 2.72 bits per heavy atom. The van der Waals surface area contributed by atoms with Gasteiger partial charge >= 0.3 is 0 Å². The van der Waals surface area contributed by atoms with Crippen molar-refractivity contribution in [1.29, 1.82) is 0 Å². The van der Waals surface area contributed by atoms with Crippen LogP contribution in [-0.2, 0) is 4.79 Å². The maximum absolute atomic E-state index is 10.6. The van der Waals surface area contributed by atoms with Crippen LogP contribution in [0.3, 0.4) is 0 Å². The summed E-state index contributed by atoms with van der Waals surface area (Å²) in [5.41, 5.74) is 0. The third-order valence-electron chi connectivity index (χ3n) is 3.04. The van der Waals surface area contributed by atoms with Crippen LogP contribution in [0.1, 0.15) is 19.8 Å². The second-order valence-corrected chi connectivity index (χ2v) is 4.37. The molecule has 1 aromatic carbocycles. The summed E-state index contributed by atoms with van der Waals surface area (Å²) in [7, 11) is 0. The van der Waals surface area contributed by atoms with E-state index in [0.717, 1.165) is 43.8 Å². The van der Waals surface area contributed by atoms with Crippen LogP contribution >= 0.6 is 0 Å². The molecule has 0 spiro atoms. The molecule has 1 heterocycles. The van der Waals surface area contributed by atoms with Crippen LogP contribution in [-0.4, -0.2) is 37.1 Å². The molecule has 0 aromatic heterocycles. The number of piperidine rings is 1. The van der Waals surface area contributed by atoms with E-state index < -0.39 is 0 Å². The van der Waals surface area contributed by atoms with Crippen molar-refractivity contribution < 1.29 is 14.3 Å². The van der Waals surface area contributed by atoms with Crippen molar-refractivity contribution in [3.05, 3.63) is 24.3 Å². The summed E-state index contributed by atoms with van der Waals surface area (Å²) in [5, 5.41) is 0. The lowest BCUT2D eigenvalue weighted by atomic mass is 10.1. The first-order valence-electron chi connectivity index (χ1n) is 6.40. The summed E-state index contributed by atoms with van der Waals surface area (Å²) in [6.45, 7) is 4.17. The smallest absolute Gasteiger partial charge is 0.209 e. The summed E-state index contributed by atoms with van der Waals surface area (Å²) >= 11 is 0. The molecule has 1 aromatic rings. The van der Waals surface area contributed by atoms with Crippen molar-refractivity contribution in [1.82, 2.24) is 4.90 Å². The quantitative estimate of drug-likeness (QED) is 0.750. The van der Waals surface area contributed by atoms with Crippen LogP contribution in [0.25, 0.3) is 0 Å². The second-order valence-electron chi connectivity index (χ2n) is 4.37. The van der Waals surface area contributed by atoms with E-state index in [0.29, 0.717) is 6.61 Å². The number of benzene rings is 1. The fourth-order valence-electron chi connectivity index (χ4n) is 2.10. The minimum absolute atomic E-state index is 0.193. The van der Waals surface area contributed by atoms with Gasteiger partial charge in [-0.25, -0.2) is 0 Å². The van der Waals surface area contributed by atoms with Crippen molar-refractivity contribution in [2.24, 2.45) is 0 Å². The van der Waals surface area contributed by atoms with E-state index >= 15 is 0 Å². The molecule has 0 bridgehead atoms. The topological polar surface area (TPSA) is 38.8 Å². The Hall–Kier alpha value is -1.71. The SMILES string of the molecule is CCOc1cccc(OC2CCN(C=O)CC2)c1. The summed E-state index contributed by atoms with van der Waals surface area (Å²) in [5.74, 6) is 1.67. The Balaban J connectivity index is 1.89. The molecule has 1 saturated heterocycles. The fraction of sp³-hybridized carbons (Fsp3) is 0.500. The van der Waals surface area contributed by atoms with E-state index in [1.54, 1.807) is 4.90 Å². The van der Waals surface area contributed by atoms with Crippen LogP contribution in [0, 0.1) is 0 Å². The Bertz CT molecular complexity index is 386. The van der Waals surface area contributed by atoms with Gasteiger partial charge in [0.15, 0.2) is 0 Å². The van der Waals surface area contributed by atoms with Crippen LogP contribution in [0.15, 0.2) is 24.3 Å². The van der Waals surface area contributed by atoms with Gasteiger partial charge in [0.25, 0.3) is 0 Å². The fourth-order valence-corrected chi connectivity index (χ4v) is 2.10. The van der Waals surface area contributed by atoms with Gasteiger partial charge in [0.1, 0.15) is 17.6 Å². The van der Waals surface area contributed by atoms with Crippen LogP contribution in [0.2, 0.25) is 0 Å². The van der Waals surface area contributed by atoms with Gasteiger partial charge in [0, 0.05) is 32.0 Å². The van der Waals surface area contributed by atoms with Gasteiger partial charge < -0.3 is 14.4 Å². The van der Waals surface area contributed by atoms with Gasteiger partial charge in [-0.05, 0) is 19.1 Å². The van der Waals surface area contributed by atoms with Crippen molar-refractivity contribution >= 4 is 6.41 Å². The van der Waals surface area contributed by atoms with E-state index in [4.69, 9.17) is 9.47 Å². The van der Waals surface area contributed by atoms with E-state index in [2.05, 4.69) is 0 Å². The molecule has 0 atom stereocenters. The molecule has 0 saturated carbocycles. The van der Waals surface area contributed by atoms with Gasteiger partial charge in [-0.3, -0.25) is 4.79 Å². The van der Waals surface area contributed by atoms with E-state index in [1.807, 2.05) is 31.2 Å². The summed E-state index contributed by atoms with van der Waals surface area (Å²) in [6, 6.07) is 7.70. The largest absolute Gasteiger partial charge is 0.494 e. The third kappa shape index (κ3) is 3.39. The number of amides is 1. The number of hydrogen-bond acceptors (Lipinski definition) is 3. The molecule has 98 valence electrons. The average molecular weight is 249 g/mol. The van der Waals surface area contributed by atoms with Gasteiger partial charge in [-0.2, -0.15) is 0 Å². The molecule has 4 nitrogen and oxygen atoms in total. The lowest BCUT2D eigenvalue weighted by Gasteiger charge is -2.29. The van der Waals surface area contributed by atoms with Crippen molar-refractivity contribution in [2.75, 3.05) is 19.7 Å². The molecule has 4 heteroatoms. The minimum Gasteiger partial charge on any atom is -0.494 e. The molecule has 0 aliphatic carbocycles. The first-order valence-corrected chi connectivity index (χ1v) is 6.40. The summed E-state index contributed by atoms with van der Waals surface area (Å²) in [4.78, 5) is 12.4. The molecule has 18 heavy (non-hydrogen) atoms. The van der Waals surface area contributed by atoms with Crippen LogP contribution < -0.4 is 9.47 Å². The molecular weight excluding hydrogens is 230 g/mol. The van der Waals surface area contributed by atoms with Crippen molar-refractivity contribution in [2.45, 2.75) is 25.9 Å². The second kappa shape index (κ2) is 6.28. The first-order chi connectivity index (χ1) is 8.81. The van der Waals surface area contributed by atoms with E-state index in [-0.39, 0.29) is 6.10 Å². The number of likely N-dealkylation sites (tertiary alicyclic amines) is 1. The number of rotatable bonds is 5. The van der Waals surface area contributed by atoms with Gasteiger partial charge in [-0.15, -0.1) is 0 Å². The summed E-state index contributed by atoms with van der Waals surface area (Å²) in [6.07, 6.45) is 2.87. The van der Waals surface area contributed by atoms with E-state index in [1.165, 1.54) is 0 Å². The predicted molar refractivity (Wildman–Crippen MR) is 68.9 cm³/mol. The highest BCUT2D eigenvalue weighted by Gasteiger charge is 2.19. The number of ether oxygens (including phenoxy) is 2. The highest BCUT2D eigenvalue weighted by molar-refractivity contribution is 5.47. The zero-order valence-electron chi connectivity index (χ0n) is 10.7. The molecule has 0 unspecified atom stereocenters. The lowest BCUT2D eigenvalue weighted by Crippen LogP contribution is -2.37. The Labute approximate surface area is 107 Å². The van der Waals surface area contributed by atoms with Gasteiger partial charge in [0.05, 0.1) is 6.61 Å². The Morgan fingerprint density at radius 2 is 2.06 bits per heavy atom. The van der Waals surface area contributed by atoms with E-state index in [9.17, 15) is 4.79 Å². The lowest BCUT2D eigenvalue weighted by molar-refractivity contribution is -0.119. The third-order valence-corrected chi connectivity index (χ3v) is 3.04. The molecule has 0 radical (unpaired) electrons. The van der Waals surface area contributed by atoms with Gasteiger partial charge in [-0.1, -0.05) is 6.07 Å². The molecule has 1 fully saturated rings. The average Bonchev–Trinajstić information content (AvgIpc) is 2.40. The minimum atomic E-state index is 0.193. The Morgan fingerprint density at radius 1 is 1.33 bits per heavy atom. The monoisotopic (exact) mass is 249 g/mol. The molecule has 2 rings (SSSR count).